The molecule has 0 saturated carbocycles. The minimum atomic E-state index is -0.317. The maximum absolute atomic E-state index is 12.5. The Morgan fingerprint density at radius 3 is 2.76 bits per heavy atom. The predicted molar refractivity (Wildman–Crippen MR) is 127 cm³/mol. The molecule has 0 spiro atoms. The molecule has 0 atom stereocenters. The lowest BCUT2D eigenvalue weighted by atomic mass is 10.1. The van der Waals surface area contributed by atoms with Crippen LogP contribution in [0.2, 0.25) is 0 Å². The highest BCUT2D eigenvalue weighted by Gasteiger charge is 2.23. The number of fused-ring (bicyclic) bond motifs is 2. The molecule has 11 heteroatoms. The first-order valence-corrected chi connectivity index (χ1v) is 11.5. The predicted octanol–water partition coefficient (Wildman–Crippen LogP) is 3.85. The van der Waals surface area contributed by atoms with E-state index in [1.165, 1.54) is 18.1 Å². The van der Waals surface area contributed by atoms with Gasteiger partial charge in [-0.15, -0.1) is 0 Å². The van der Waals surface area contributed by atoms with E-state index in [1.807, 2.05) is 49.6 Å². The van der Waals surface area contributed by atoms with E-state index in [1.54, 1.807) is 6.26 Å². The van der Waals surface area contributed by atoms with Crippen molar-refractivity contribution in [1.29, 1.82) is 0 Å². The number of imidazole rings is 1. The first kappa shape index (κ1) is 22.1. The molecule has 10 nitrogen and oxygen atoms in total. The van der Waals surface area contributed by atoms with Gasteiger partial charge in [-0.25, -0.2) is 15.0 Å². The zero-order valence-electron chi connectivity index (χ0n) is 19.0. The van der Waals surface area contributed by atoms with E-state index in [0.717, 1.165) is 10.5 Å². The van der Waals surface area contributed by atoms with E-state index in [2.05, 4.69) is 15.3 Å². The van der Waals surface area contributed by atoms with E-state index in [0.29, 0.717) is 40.1 Å². The van der Waals surface area contributed by atoms with E-state index in [4.69, 9.17) is 24.6 Å². The van der Waals surface area contributed by atoms with Crippen LogP contribution < -0.4 is 20.5 Å². The Morgan fingerprint density at radius 1 is 1.24 bits per heavy atom. The fourth-order valence-electron chi connectivity index (χ4n) is 3.64. The second-order valence-corrected chi connectivity index (χ2v) is 9.82. The normalized spacial score (nSPS) is 12.9. The summed E-state index contributed by atoms with van der Waals surface area (Å²) in [6.45, 7) is 6.37. The molecule has 34 heavy (non-hydrogen) atoms. The average molecular weight is 481 g/mol. The molecule has 0 bridgehead atoms. The summed E-state index contributed by atoms with van der Waals surface area (Å²) < 4.78 is 18.7. The Morgan fingerprint density at radius 2 is 2.03 bits per heavy atom. The first-order valence-electron chi connectivity index (χ1n) is 10.7. The Balaban J connectivity index is 1.54. The fraction of sp³-hybridized carbons (Fsp3) is 0.304. The minimum Gasteiger partial charge on any atom is -0.464 e. The fourth-order valence-corrected chi connectivity index (χ4v) is 4.70. The van der Waals surface area contributed by atoms with Crippen LogP contribution in [0.4, 0.5) is 5.82 Å². The van der Waals surface area contributed by atoms with Crippen molar-refractivity contribution in [3.63, 3.8) is 0 Å². The molecule has 4 aromatic rings. The van der Waals surface area contributed by atoms with Crippen molar-refractivity contribution in [3.8, 4) is 22.8 Å². The van der Waals surface area contributed by atoms with E-state index in [9.17, 15) is 4.79 Å². The molecule has 0 fully saturated rings. The van der Waals surface area contributed by atoms with E-state index in [-0.39, 0.29) is 30.5 Å². The number of carbonyl (C=O) groups is 1. The Hall–Kier alpha value is -3.73. The topological polar surface area (TPSA) is 130 Å². The highest BCUT2D eigenvalue weighted by Crippen LogP contribution is 2.45. The molecule has 4 heterocycles. The van der Waals surface area contributed by atoms with Gasteiger partial charge >= 0.3 is 0 Å². The molecule has 3 aromatic heterocycles. The highest BCUT2D eigenvalue weighted by molar-refractivity contribution is 7.99. The molecule has 0 saturated heterocycles. The quantitative estimate of drug-likeness (QED) is 0.422. The van der Waals surface area contributed by atoms with Crippen molar-refractivity contribution in [2.75, 3.05) is 12.5 Å². The Labute approximate surface area is 199 Å². The number of amides is 1. The number of nitrogens with zero attached hydrogens (tertiary/aromatic N) is 4. The number of hydrogen-bond donors (Lipinski definition) is 2. The largest absolute Gasteiger partial charge is 0.464 e. The molecule has 0 unspecified atom stereocenters. The van der Waals surface area contributed by atoms with Gasteiger partial charge in [0.15, 0.2) is 33.6 Å². The third-order valence-electron chi connectivity index (χ3n) is 5.06. The van der Waals surface area contributed by atoms with Crippen LogP contribution in [0, 0.1) is 0 Å². The lowest BCUT2D eigenvalue weighted by molar-refractivity contribution is -0.122. The average Bonchev–Trinajstić information content (AvgIpc) is 3.51. The zero-order valence-corrected chi connectivity index (χ0v) is 19.8. The number of furan rings is 1. The Bertz CT molecular complexity index is 1360. The van der Waals surface area contributed by atoms with Gasteiger partial charge in [0, 0.05) is 29.0 Å². The van der Waals surface area contributed by atoms with Gasteiger partial charge in [0.2, 0.25) is 12.7 Å². The van der Waals surface area contributed by atoms with Crippen molar-refractivity contribution in [2.24, 2.45) is 0 Å². The number of nitrogens with two attached hydrogens (primary N) is 1. The van der Waals surface area contributed by atoms with Gasteiger partial charge in [0.1, 0.15) is 12.1 Å². The van der Waals surface area contributed by atoms with Crippen LogP contribution in [0.25, 0.3) is 22.5 Å². The van der Waals surface area contributed by atoms with E-state index >= 15 is 0 Å². The smallest absolute Gasteiger partial charge is 0.231 e. The molecule has 1 aromatic carbocycles. The van der Waals surface area contributed by atoms with Crippen molar-refractivity contribution in [3.05, 3.63) is 36.9 Å². The second-order valence-electron chi connectivity index (χ2n) is 8.81. The number of aryl methyl sites for hydroxylation is 1. The standard InChI is InChI=1S/C23H24N6O4S/c1-23(2,3)28-18(30)6-7-29-21-19(20(24)25-11-26-21)27-22(29)34-17-10-16-15(32-12-33-16)9-13(17)14-5-4-8-31-14/h4-5,8-11H,6-7,12H2,1-3H3,(H,28,30)(H2,24,25,26). The third kappa shape index (κ3) is 4.38. The molecular formula is C23H24N6O4S. The van der Waals surface area contributed by atoms with Crippen LogP contribution in [0.1, 0.15) is 27.2 Å². The maximum atomic E-state index is 12.5. The molecule has 3 N–H and O–H groups in total. The number of anilines is 1. The van der Waals surface area contributed by atoms with E-state index < -0.39 is 0 Å². The number of benzene rings is 1. The number of carbonyl (C=O) groups excluding carboxylic acids is 1. The van der Waals surface area contributed by atoms with Crippen molar-refractivity contribution in [1.82, 2.24) is 24.8 Å². The lowest BCUT2D eigenvalue weighted by Gasteiger charge is -2.20. The third-order valence-corrected chi connectivity index (χ3v) is 6.12. The van der Waals surface area contributed by atoms with Gasteiger partial charge in [-0.2, -0.15) is 0 Å². The SMILES string of the molecule is CC(C)(C)NC(=O)CCn1c(Sc2cc3c(cc2-c2ccco2)OCO3)nc2c(N)ncnc21. The molecule has 0 radical (unpaired) electrons. The molecule has 1 aliphatic rings. The van der Waals surface area contributed by atoms with Crippen LogP contribution in [-0.4, -0.2) is 37.8 Å². The summed E-state index contributed by atoms with van der Waals surface area (Å²) in [6.07, 6.45) is 3.27. The van der Waals surface area contributed by atoms with Crippen LogP contribution in [-0.2, 0) is 11.3 Å². The van der Waals surface area contributed by atoms with Gasteiger partial charge in [-0.1, -0.05) is 11.8 Å². The lowest BCUT2D eigenvalue weighted by Crippen LogP contribution is -2.40. The number of ether oxygens (including phenoxy) is 2. The highest BCUT2D eigenvalue weighted by atomic mass is 32.2. The number of nitrogen functional groups attached to an aromatic ring is 1. The molecule has 1 amide bonds. The van der Waals surface area contributed by atoms with Gasteiger partial charge in [-0.05, 0) is 45.0 Å². The molecule has 1 aliphatic heterocycles. The molecular weight excluding hydrogens is 456 g/mol. The first-order chi connectivity index (χ1) is 16.3. The second kappa shape index (κ2) is 8.56. The number of rotatable bonds is 6. The summed E-state index contributed by atoms with van der Waals surface area (Å²) in [4.78, 5) is 26.5. The van der Waals surface area contributed by atoms with Gasteiger partial charge < -0.3 is 29.5 Å². The Kier molecular flexibility index (Phi) is 5.56. The molecule has 5 rings (SSSR count). The zero-order chi connectivity index (χ0) is 23.9. The minimum absolute atomic E-state index is 0.0633. The summed E-state index contributed by atoms with van der Waals surface area (Å²) in [5.74, 6) is 2.20. The van der Waals surface area contributed by atoms with Crippen LogP contribution >= 0.6 is 11.8 Å². The summed E-state index contributed by atoms with van der Waals surface area (Å²) in [6, 6.07) is 7.50. The summed E-state index contributed by atoms with van der Waals surface area (Å²) >= 11 is 1.41. The molecule has 176 valence electrons. The van der Waals surface area contributed by atoms with Gasteiger partial charge in [0.05, 0.1) is 6.26 Å². The summed E-state index contributed by atoms with van der Waals surface area (Å²) in [5, 5.41) is 3.61. The number of nitrogens with one attached hydrogen (secondary N) is 1. The number of hydrogen-bond acceptors (Lipinski definition) is 9. The monoisotopic (exact) mass is 480 g/mol. The maximum Gasteiger partial charge on any atom is 0.231 e. The van der Waals surface area contributed by atoms with Crippen molar-refractivity contribution in [2.45, 2.75) is 49.3 Å². The summed E-state index contributed by atoms with van der Waals surface area (Å²) in [7, 11) is 0. The van der Waals surface area contributed by atoms with Gasteiger partial charge in [-0.3, -0.25) is 4.79 Å². The van der Waals surface area contributed by atoms with Crippen LogP contribution in [0.5, 0.6) is 11.5 Å². The number of aromatic nitrogens is 4. The van der Waals surface area contributed by atoms with Crippen LogP contribution in [0.3, 0.4) is 0 Å². The van der Waals surface area contributed by atoms with Gasteiger partial charge in [0.25, 0.3) is 0 Å². The molecule has 0 aliphatic carbocycles. The van der Waals surface area contributed by atoms with Crippen molar-refractivity contribution < 1.29 is 18.7 Å². The van der Waals surface area contributed by atoms with Crippen LogP contribution in [0.15, 0.2) is 51.3 Å². The van der Waals surface area contributed by atoms with Crippen molar-refractivity contribution >= 4 is 34.7 Å². The summed E-state index contributed by atoms with van der Waals surface area (Å²) in [5.41, 5.74) is 7.66.